The molecule has 7 nitrogen and oxygen atoms in total. The van der Waals surface area contributed by atoms with Gasteiger partial charge in [-0.05, 0) is 25.0 Å². The standard InChI is InChI=1S/C17H14ClN3O4/c18-13-3-10(15-11(4-13)8-24-9-25-15)6-21-16(22)12(5-19)7-20(17(21)23)14-1-2-14/h3-4,7,14H,1-2,6,8-9H2. The molecule has 25 heavy (non-hydrogen) atoms. The molecule has 1 aliphatic heterocycles. The number of hydrogen-bond donors (Lipinski definition) is 0. The second-order valence-electron chi connectivity index (χ2n) is 6.13. The Kier molecular flexibility index (Phi) is 3.86. The summed E-state index contributed by atoms with van der Waals surface area (Å²) in [5.41, 5.74) is 0.298. The minimum Gasteiger partial charge on any atom is -0.467 e. The van der Waals surface area contributed by atoms with E-state index in [-0.39, 0.29) is 24.9 Å². The third-order valence-corrected chi connectivity index (χ3v) is 4.55. The molecule has 2 aromatic rings. The Morgan fingerprint density at radius 1 is 1.32 bits per heavy atom. The van der Waals surface area contributed by atoms with E-state index in [9.17, 15) is 14.9 Å². The highest BCUT2D eigenvalue weighted by Crippen LogP contribution is 2.34. The summed E-state index contributed by atoms with van der Waals surface area (Å²) >= 11 is 6.14. The van der Waals surface area contributed by atoms with E-state index in [4.69, 9.17) is 21.1 Å². The second-order valence-corrected chi connectivity index (χ2v) is 6.57. The van der Waals surface area contributed by atoms with Crippen molar-refractivity contribution in [2.24, 2.45) is 0 Å². The number of fused-ring (bicyclic) bond motifs is 1. The molecule has 2 heterocycles. The maximum absolute atomic E-state index is 12.7. The van der Waals surface area contributed by atoms with Crippen LogP contribution in [0.15, 0.2) is 27.9 Å². The van der Waals surface area contributed by atoms with Gasteiger partial charge in [-0.25, -0.2) is 4.79 Å². The maximum atomic E-state index is 12.7. The number of benzene rings is 1. The molecule has 1 fully saturated rings. The van der Waals surface area contributed by atoms with E-state index in [1.54, 1.807) is 12.1 Å². The lowest BCUT2D eigenvalue weighted by Gasteiger charge is -2.21. The molecule has 1 aromatic heterocycles. The molecule has 0 amide bonds. The zero-order valence-corrected chi connectivity index (χ0v) is 14.0. The van der Waals surface area contributed by atoms with Gasteiger partial charge in [0.05, 0.1) is 13.2 Å². The minimum absolute atomic E-state index is 0.0111. The number of hydrogen-bond acceptors (Lipinski definition) is 5. The summed E-state index contributed by atoms with van der Waals surface area (Å²) in [5.74, 6) is 0.572. The van der Waals surface area contributed by atoms with Crippen molar-refractivity contribution in [1.29, 1.82) is 5.26 Å². The fraction of sp³-hybridized carbons (Fsp3) is 0.353. The van der Waals surface area contributed by atoms with Crippen molar-refractivity contribution in [1.82, 2.24) is 9.13 Å². The smallest absolute Gasteiger partial charge is 0.331 e. The lowest BCUT2D eigenvalue weighted by Crippen LogP contribution is -2.41. The van der Waals surface area contributed by atoms with E-state index in [2.05, 4.69) is 0 Å². The predicted molar refractivity (Wildman–Crippen MR) is 88.8 cm³/mol. The maximum Gasteiger partial charge on any atom is 0.331 e. The Morgan fingerprint density at radius 2 is 2.12 bits per heavy atom. The first-order valence-corrected chi connectivity index (χ1v) is 8.24. The number of ether oxygens (including phenoxy) is 2. The molecular formula is C17H14ClN3O4. The van der Waals surface area contributed by atoms with Gasteiger partial charge in [-0.15, -0.1) is 0 Å². The summed E-state index contributed by atoms with van der Waals surface area (Å²) in [6.45, 7) is 0.437. The molecule has 128 valence electrons. The number of nitrogens with zero attached hydrogens (tertiary/aromatic N) is 3. The Morgan fingerprint density at radius 3 is 2.84 bits per heavy atom. The molecule has 2 aliphatic rings. The summed E-state index contributed by atoms with van der Waals surface area (Å²) < 4.78 is 13.3. The largest absolute Gasteiger partial charge is 0.467 e. The fourth-order valence-corrected chi connectivity index (χ4v) is 3.26. The average Bonchev–Trinajstić information content (AvgIpc) is 3.43. The van der Waals surface area contributed by atoms with Gasteiger partial charge in [-0.2, -0.15) is 5.26 Å². The van der Waals surface area contributed by atoms with Crippen LogP contribution in [0, 0.1) is 11.3 Å². The molecule has 4 rings (SSSR count). The Labute approximate surface area is 147 Å². The second kappa shape index (κ2) is 6.06. The molecule has 8 heteroatoms. The van der Waals surface area contributed by atoms with Crippen LogP contribution < -0.4 is 16.0 Å². The first kappa shape index (κ1) is 15.9. The van der Waals surface area contributed by atoms with E-state index < -0.39 is 11.2 Å². The lowest BCUT2D eigenvalue weighted by molar-refractivity contribution is -0.0171. The average molecular weight is 360 g/mol. The van der Waals surface area contributed by atoms with Crippen molar-refractivity contribution in [3.05, 3.63) is 60.9 Å². The molecular weight excluding hydrogens is 346 g/mol. The van der Waals surface area contributed by atoms with Crippen LogP contribution in [-0.4, -0.2) is 15.9 Å². The molecule has 0 saturated heterocycles. The van der Waals surface area contributed by atoms with Crippen LogP contribution >= 0.6 is 11.6 Å². The van der Waals surface area contributed by atoms with Crippen LogP contribution in [0.5, 0.6) is 5.75 Å². The summed E-state index contributed by atoms with van der Waals surface area (Å²) in [5, 5.41) is 9.69. The molecule has 1 saturated carbocycles. The van der Waals surface area contributed by atoms with Crippen molar-refractivity contribution in [2.75, 3.05) is 6.79 Å². The molecule has 0 bridgehead atoms. The zero-order chi connectivity index (χ0) is 17.6. The van der Waals surface area contributed by atoms with Gasteiger partial charge in [-0.1, -0.05) is 11.6 Å². The highest BCUT2D eigenvalue weighted by molar-refractivity contribution is 6.30. The normalized spacial score (nSPS) is 16.0. The summed E-state index contributed by atoms with van der Waals surface area (Å²) in [6, 6.07) is 5.33. The third-order valence-electron chi connectivity index (χ3n) is 4.34. The Balaban J connectivity index is 1.86. The van der Waals surface area contributed by atoms with Crippen LogP contribution in [0.25, 0.3) is 0 Å². The zero-order valence-electron chi connectivity index (χ0n) is 13.2. The molecule has 0 N–H and O–H groups in total. The van der Waals surface area contributed by atoms with Crippen molar-refractivity contribution in [3.63, 3.8) is 0 Å². The quantitative estimate of drug-likeness (QED) is 0.833. The number of nitriles is 1. The molecule has 0 radical (unpaired) electrons. The highest BCUT2D eigenvalue weighted by atomic mass is 35.5. The highest BCUT2D eigenvalue weighted by Gasteiger charge is 2.27. The first-order chi connectivity index (χ1) is 12.1. The Hall–Kier alpha value is -2.56. The van der Waals surface area contributed by atoms with Gasteiger partial charge in [-0.3, -0.25) is 13.9 Å². The van der Waals surface area contributed by atoms with E-state index in [0.29, 0.717) is 22.9 Å². The lowest BCUT2D eigenvalue weighted by atomic mass is 10.1. The number of aromatic nitrogens is 2. The first-order valence-electron chi connectivity index (χ1n) is 7.86. The molecule has 0 unspecified atom stereocenters. The van der Waals surface area contributed by atoms with Crippen LogP contribution in [-0.2, 0) is 17.9 Å². The van der Waals surface area contributed by atoms with Crippen molar-refractivity contribution in [2.45, 2.75) is 32.0 Å². The van der Waals surface area contributed by atoms with E-state index in [0.717, 1.165) is 23.0 Å². The van der Waals surface area contributed by atoms with Gasteiger partial charge in [0.2, 0.25) is 0 Å². The molecule has 1 aromatic carbocycles. The predicted octanol–water partition coefficient (Wildman–Crippen LogP) is 1.78. The van der Waals surface area contributed by atoms with Gasteiger partial charge in [0, 0.05) is 28.4 Å². The molecule has 1 aliphatic carbocycles. The molecule has 0 atom stereocenters. The monoisotopic (exact) mass is 359 g/mol. The van der Waals surface area contributed by atoms with Crippen molar-refractivity contribution < 1.29 is 9.47 Å². The van der Waals surface area contributed by atoms with Gasteiger partial charge >= 0.3 is 5.69 Å². The third kappa shape index (κ3) is 2.84. The van der Waals surface area contributed by atoms with Crippen LogP contribution in [0.4, 0.5) is 0 Å². The van der Waals surface area contributed by atoms with Gasteiger partial charge in [0.15, 0.2) is 6.79 Å². The van der Waals surface area contributed by atoms with E-state index >= 15 is 0 Å². The van der Waals surface area contributed by atoms with Crippen LogP contribution in [0.3, 0.4) is 0 Å². The van der Waals surface area contributed by atoms with Crippen LogP contribution in [0.1, 0.15) is 35.6 Å². The van der Waals surface area contributed by atoms with E-state index in [1.807, 2.05) is 6.07 Å². The minimum atomic E-state index is -0.606. The van der Waals surface area contributed by atoms with Crippen LogP contribution in [0.2, 0.25) is 5.02 Å². The number of halogens is 1. The molecule has 0 spiro atoms. The fourth-order valence-electron chi connectivity index (χ4n) is 3.00. The Bertz CT molecular complexity index is 1010. The summed E-state index contributed by atoms with van der Waals surface area (Å²) in [7, 11) is 0. The summed E-state index contributed by atoms with van der Waals surface area (Å²) in [4.78, 5) is 25.2. The SMILES string of the molecule is N#Cc1cn(C2CC2)c(=O)n(Cc2cc(Cl)cc3c2OCOC3)c1=O. The van der Waals surface area contributed by atoms with Crippen molar-refractivity contribution in [3.8, 4) is 11.8 Å². The van der Waals surface area contributed by atoms with Gasteiger partial charge in [0.25, 0.3) is 5.56 Å². The van der Waals surface area contributed by atoms with Gasteiger partial charge < -0.3 is 9.47 Å². The number of rotatable bonds is 3. The topological polar surface area (TPSA) is 86.2 Å². The van der Waals surface area contributed by atoms with Crippen molar-refractivity contribution >= 4 is 11.6 Å². The summed E-state index contributed by atoms with van der Waals surface area (Å²) in [6.07, 6.45) is 3.10. The van der Waals surface area contributed by atoms with E-state index in [1.165, 1.54) is 10.8 Å². The van der Waals surface area contributed by atoms with Gasteiger partial charge in [0.1, 0.15) is 17.4 Å².